The molecule has 1 saturated heterocycles. The molecule has 0 atom stereocenters. The molecule has 4 rings (SSSR count). The van der Waals surface area contributed by atoms with Gasteiger partial charge in [0.15, 0.2) is 0 Å². The van der Waals surface area contributed by atoms with Crippen molar-refractivity contribution in [3.8, 4) is 0 Å². The van der Waals surface area contributed by atoms with Crippen LogP contribution >= 0.6 is 0 Å². The van der Waals surface area contributed by atoms with E-state index in [1.807, 2.05) is 12.1 Å². The van der Waals surface area contributed by atoms with Crippen molar-refractivity contribution in [2.24, 2.45) is 5.92 Å². The Kier molecular flexibility index (Phi) is 6.62. The number of hydrogen-bond acceptors (Lipinski definition) is 4. The van der Waals surface area contributed by atoms with Gasteiger partial charge in [-0.15, -0.1) is 0 Å². The second-order valence-electron chi connectivity index (χ2n) is 8.57. The van der Waals surface area contributed by atoms with E-state index in [9.17, 15) is 18.0 Å². The Morgan fingerprint density at radius 1 is 0.906 bits per heavy atom. The van der Waals surface area contributed by atoms with Crippen LogP contribution in [0.3, 0.4) is 0 Å². The number of nitrogens with zero attached hydrogens (tertiary/aromatic N) is 1. The zero-order valence-electron chi connectivity index (χ0n) is 18.3. The highest BCUT2D eigenvalue weighted by Crippen LogP contribution is 2.28. The number of hydrogen-bond donors (Lipinski definition) is 2. The zero-order valence-corrected chi connectivity index (χ0v) is 19.1. The minimum atomic E-state index is -3.56. The molecule has 2 aromatic rings. The Balaban J connectivity index is 1.37. The molecule has 8 heteroatoms. The number of anilines is 2. The van der Waals surface area contributed by atoms with Crippen LogP contribution in [0.15, 0.2) is 47.4 Å². The van der Waals surface area contributed by atoms with Gasteiger partial charge in [-0.1, -0.05) is 12.1 Å². The normalized spacial score (nSPS) is 17.4. The van der Waals surface area contributed by atoms with Crippen LogP contribution in [0, 0.1) is 5.92 Å². The van der Waals surface area contributed by atoms with E-state index in [0.717, 1.165) is 31.2 Å². The van der Waals surface area contributed by atoms with Crippen LogP contribution in [0.1, 0.15) is 43.7 Å². The first kappa shape index (κ1) is 22.5. The van der Waals surface area contributed by atoms with Crippen LogP contribution in [0.5, 0.6) is 0 Å². The molecule has 0 unspecified atom stereocenters. The summed E-state index contributed by atoms with van der Waals surface area (Å²) in [4.78, 5) is 24.3. The number of carbonyl (C=O) groups is 2. The van der Waals surface area contributed by atoms with Gasteiger partial charge in [-0.3, -0.25) is 9.59 Å². The van der Waals surface area contributed by atoms with Crippen LogP contribution < -0.4 is 10.6 Å². The summed E-state index contributed by atoms with van der Waals surface area (Å²) in [6.07, 6.45) is 5.16. The van der Waals surface area contributed by atoms with Crippen LogP contribution in [0.2, 0.25) is 0 Å². The number of piperidine rings is 1. The van der Waals surface area contributed by atoms with E-state index in [4.69, 9.17) is 0 Å². The molecule has 170 valence electrons. The lowest BCUT2D eigenvalue weighted by atomic mass is 9.92. The van der Waals surface area contributed by atoms with Gasteiger partial charge in [-0.25, -0.2) is 8.42 Å². The Bertz CT molecular complexity index is 1120. The van der Waals surface area contributed by atoms with Gasteiger partial charge in [0.05, 0.1) is 4.90 Å². The Morgan fingerprint density at radius 3 is 2.25 bits per heavy atom. The molecule has 1 fully saturated rings. The average molecular weight is 456 g/mol. The van der Waals surface area contributed by atoms with E-state index >= 15 is 0 Å². The molecule has 1 heterocycles. The van der Waals surface area contributed by atoms with E-state index in [2.05, 4.69) is 10.6 Å². The first-order chi connectivity index (χ1) is 15.3. The number of carbonyl (C=O) groups excluding carboxylic acids is 2. The van der Waals surface area contributed by atoms with Gasteiger partial charge < -0.3 is 10.6 Å². The average Bonchev–Trinajstić information content (AvgIpc) is 2.78. The summed E-state index contributed by atoms with van der Waals surface area (Å²) in [6.45, 7) is 2.07. The second-order valence-corrected chi connectivity index (χ2v) is 10.5. The monoisotopic (exact) mass is 455 g/mol. The maximum Gasteiger partial charge on any atom is 0.243 e. The van der Waals surface area contributed by atoms with Gasteiger partial charge in [-0.05, 0) is 80.0 Å². The van der Waals surface area contributed by atoms with Crippen molar-refractivity contribution in [2.45, 2.75) is 50.3 Å². The van der Waals surface area contributed by atoms with Gasteiger partial charge in [0.2, 0.25) is 21.8 Å². The fourth-order valence-corrected chi connectivity index (χ4v) is 6.02. The van der Waals surface area contributed by atoms with Crippen molar-refractivity contribution in [1.29, 1.82) is 0 Å². The quantitative estimate of drug-likeness (QED) is 0.721. The highest BCUT2D eigenvalue weighted by Gasteiger charge is 2.32. The van der Waals surface area contributed by atoms with E-state index in [-0.39, 0.29) is 17.7 Å². The lowest BCUT2D eigenvalue weighted by Crippen LogP contribution is -2.41. The van der Waals surface area contributed by atoms with Crippen molar-refractivity contribution in [3.63, 3.8) is 0 Å². The first-order valence-electron chi connectivity index (χ1n) is 11.1. The number of nitrogens with one attached hydrogen (secondary N) is 2. The van der Waals surface area contributed by atoms with Gasteiger partial charge >= 0.3 is 0 Å². The molecule has 0 spiro atoms. The summed E-state index contributed by atoms with van der Waals surface area (Å²) < 4.78 is 27.8. The number of amides is 2. The molecule has 0 radical (unpaired) electrons. The fourth-order valence-electron chi connectivity index (χ4n) is 4.50. The van der Waals surface area contributed by atoms with Crippen molar-refractivity contribution in [1.82, 2.24) is 4.31 Å². The maximum atomic E-state index is 13.2. The Morgan fingerprint density at radius 2 is 1.56 bits per heavy atom. The number of benzene rings is 2. The maximum absolute atomic E-state index is 13.2. The number of aryl methyl sites for hydroxylation is 2. The molecule has 0 saturated carbocycles. The summed E-state index contributed by atoms with van der Waals surface area (Å²) in [6, 6.07) is 12.5. The second kappa shape index (κ2) is 9.42. The third kappa shape index (κ3) is 5.02. The number of fused-ring (bicyclic) bond motifs is 1. The Labute approximate surface area is 189 Å². The third-order valence-electron chi connectivity index (χ3n) is 6.23. The van der Waals surface area contributed by atoms with Crippen molar-refractivity contribution in [3.05, 3.63) is 53.6 Å². The van der Waals surface area contributed by atoms with Crippen LogP contribution in [-0.4, -0.2) is 37.6 Å². The summed E-state index contributed by atoms with van der Waals surface area (Å²) in [7, 11) is -3.56. The summed E-state index contributed by atoms with van der Waals surface area (Å²) in [5, 5.41) is 5.58. The van der Waals surface area contributed by atoms with E-state index in [1.54, 1.807) is 30.3 Å². The van der Waals surface area contributed by atoms with E-state index in [0.29, 0.717) is 42.2 Å². The smallest absolute Gasteiger partial charge is 0.243 e. The van der Waals surface area contributed by atoms with Crippen molar-refractivity contribution >= 4 is 33.2 Å². The lowest BCUT2D eigenvalue weighted by Gasteiger charge is -2.31. The number of rotatable bonds is 5. The van der Waals surface area contributed by atoms with Crippen LogP contribution in [0.25, 0.3) is 0 Å². The molecule has 32 heavy (non-hydrogen) atoms. The topological polar surface area (TPSA) is 95.6 Å². The van der Waals surface area contributed by atoms with Crippen LogP contribution in [0.4, 0.5) is 11.4 Å². The summed E-state index contributed by atoms with van der Waals surface area (Å²) >= 11 is 0. The molecule has 1 aliphatic carbocycles. The molecule has 2 N–H and O–H groups in total. The first-order valence-corrected chi connectivity index (χ1v) is 12.6. The summed E-state index contributed by atoms with van der Waals surface area (Å²) in [5.41, 5.74) is 3.62. The Hall–Kier alpha value is -2.71. The molecule has 2 aromatic carbocycles. The lowest BCUT2D eigenvalue weighted by molar-refractivity contribution is -0.121. The van der Waals surface area contributed by atoms with E-state index < -0.39 is 10.0 Å². The predicted molar refractivity (Wildman–Crippen MR) is 124 cm³/mol. The minimum absolute atomic E-state index is 0.129. The number of sulfonamides is 1. The zero-order chi connectivity index (χ0) is 22.7. The van der Waals surface area contributed by atoms with Gasteiger partial charge in [0.25, 0.3) is 0 Å². The predicted octanol–water partition coefficient (Wildman–Crippen LogP) is 3.56. The van der Waals surface area contributed by atoms with Crippen LogP contribution in [-0.2, 0) is 32.5 Å². The highest BCUT2D eigenvalue weighted by atomic mass is 32.2. The SMILES string of the molecule is CC(=O)Nc1cccc(NC(=O)C2CCN(S(=O)(=O)c3ccc4c(c3)CCCC4)CC2)c1. The molecule has 0 bridgehead atoms. The van der Waals surface area contributed by atoms with Gasteiger partial charge in [0, 0.05) is 37.3 Å². The third-order valence-corrected chi connectivity index (χ3v) is 8.13. The van der Waals surface area contributed by atoms with Gasteiger partial charge in [0.1, 0.15) is 0 Å². The molecular weight excluding hydrogens is 426 g/mol. The molecule has 0 aromatic heterocycles. The fraction of sp³-hybridized carbons (Fsp3) is 0.417. The molecule has 2 aliphatic rings. The molecule has 1 aliphatic heterocycles. The van der Waals surface area contributed by atoms with Crippen molar-refractivity contribution in [2.75, 3.05) is 23.7 Å². The van der Waals surface area contributed by atoms with Crippen molar-refractivity contribution < 1.29 is 18.0 Å². The standard InChI is InChI=1S/C24H29N3O4S/c1-17(28)25-21-7-4-8-22(16-21)26-24(29)19-11-13-27(14-12-19)32(30,31)23-10-9-18-5-2-3-6-20(18)15-23/h4,7-10,15-16,19H,2-3,5-6,11-14H2,1H3,(H,25,28)(H,26,29). The van der Waals surface area contributed by atoms with Gasteiger partial charge in [-0.2, -0.15) is 4.31 Å². The minimum Gasteiger partial charge on any atom is -0.326 e. The highest BCUT2D eigenvalue weighted by molar-refractivity contribution is 7.89. The molecule has 7 nitrogen and oxygen atoms in total. The molecule has 2 amide bonds. The summed E-state index contributed by atoms with van der Waals surface area (Å²) in [5.74, 6) is -0.564. The largest absolute Gasteiger partial charge is 0.326 e. The van der Waals surface area contributed by atoms with E-state index in [1.165, 1.54) is 16.8 Å². The molecular formula is C24H29N3O4S.